The van der Waals surface area contributed by atoms with Crippen LogP contribution in [0.25, 0.3) is 10.4 Å². The highest BCUT2D eigenvalue weighted by atomic mass is 32.2. The van der Waals surface area contributed by atoms with Gasteiger partial charge in [0.1, 0.15) is 0 Å². The van der Waals surface area contributed by atoms with Crippen LogP contribution in [0.5, 0.6) is 0 Å². The van der Waals surface area contributed by atoms with Crippen LogP contribution in [0.15, 0.2) is 29.3 Å². The number of nitrogens with one attached hydrogen (secondary N) is 2. The first-order valence-corrected chi connectivity index (χ1v) is 15.3. The Morgan fingerprint density at radius 2 is 1.61 bits per heavy atom. The van der Waals surface area contributed by atoms with Gasteiger partial charge in [0.25, 0.3) is 0 Å². The number of hydrogen-bond acceptors (Lipinski definition) is 8. The van der Waals surface area contributed by atoms with Crippen molar-refractivity contribution in [3.8, 4) is 10.4 Å². The van der Waals surface area contributed by atoms with Crippen molar-refractivity contribution < 1.29 is 27.5 Å². The zero-order chi connectivity index (χ0) is 28.3. The zero-order valence-electron chi connectivity index (χ0n) is 23.2. The molecule has 1 aromatic carbocycles. The van der Waals surface area contributed by atoms with E-state index in [1.807, 2.05) is 13.8 Å². The van der Waals surface area contributed by atoms with Crippen LogP contribution >= 0.6 is 11.3 Å². The minimum Gasteiger partial charge on any atom is -0.447 e. The van der Waals surface area contributed by atoms with E-state index in [2.05, 4.69) is 15.6 Å². The van der Waals surface area contributed by atoms with Crippen molar-refractivity contribution in [2.24, 2.45) is 0 Å². The van der Waals surface area contributed by atoms with Crippen LogP contribution in [0.1, 0.15) is 85.1 Å². The Morgan fingerprint density at radius 1 is 1.00 bits per heavy atom. The fourth-order valence-electron chi connectivity index (χ4n) is 4.22. The molecule has 11 heteroatoms. The van der Waals surface area contributed by atoms with Gasteiger partial charge in [-0.1, -0.05) is 6.07 Å². The highest BCUT2D eigenvalue weighted by Crippen LogP contribution is 2.41. The minimum absolute atomic E-state index is 0.0721. The van der Waals surface area contributed by atoms with Crippen molar-refractivity contribution in [3.63, 3.8) is 0 Å². The molecule has 1 aliphatic rings. The van der Waals surface area contributed by atoms with E-state index in [0.29, 0.717) is 11.3 Å². The van der Waals surface area contributed by atoms with Crippen molar-refractivity contribution in [2.75, 3.05) is 5.32 Å². The summed E-state index contributed by atoms with van der Waals surface area (Å²) in [5.41, 5.74) is 0.895. The Morgan fingerprint density at radius 3 is 2.18 bits per heavy atom. The number of carbonyl (C=O) groups is 2. The lowest BCUT2D eigenvalue weighted by Gasteiger charge is -2.28. The second-order valence-electron chi connectivity index (χ2n) is 11.1. The Hall–Kier alpha value is -2.66. The third kappa shape index (κ3) is 7.47. The molecular weight excluding hydrogens is 526 g/mol. The molecule has 210 valence electrons. The van der Waals surface area contributed by atoms with Crippen molar-refractivity contribution in [1.29, 1.82) is 0 Å². The van der Waals surface area contributed by atoms with E-state index in [1.165, 1.54) is 17.4 Å². The van der Waals surface area contributed by atoms with Gasteiger partial charge in [-0.2, -0.15) is 0 Å². The third-order valence-corrected chi connectivity index (χ3v) is 9.92. The number of aromatic nitrogens is 1. The lowest BCUT2D eigenvalue weighted by Crippen LogP contribution is -2.38. The van der Waals surface area contributed by atoms with Crippen molar-refractivity contribution in [3.05, 3.63) is 29.4 Å². The predicted molar refractivity (Wildman–Crippen MR) is 149 cm³/mol. The number of sulfone groups is 1. The van der Waals surface area contributed by atoms with E-state index in [-0.39, 0.29) is 35.2 Å². The molecule has 2 aromatic rings. The highest BCUT2D eigenvalue weighted by molar-refractivity contribution is 7.93. The van der Waals surface area contributed by atoms with E-state index in [1.54, 1.807) is 52.9 Å². The molecule has 1 fully saturated rings. The number of hydrogen-bond donors (Lipinski definition) is 2. The van der Waals surface area contributed by atoms with Crippen LogP contribution < -0.4 is 10.6 Å². The van der Waals surface area contributed by atoms with E-state index in [9.17, 15) is 18.0 Å². The molecule has 0 radical (unpaired) electrons. The number of rotatable bonds is 7. The van der Waals surface area contributed by atoms with E-state index < -0.39 is 20.7 Å². The molecule has 2 N–H and O–H groups in total. The second-order valence-corrected chi connectivity index (χ2v) is 14.8. The SMILES string of the molecule is CC(C)OC(=O)Nc1ccc(-c2cnc(C3CCC(NC(=O)OC(C)C)CC3)s2)c(S(=O)(=O)C(C)(C)C)c1. The van der Waals surface area contributed by atoms with E-state index in [4.69, 9.17) is 9.47 Å². The molecule has 2 amide bonds. The van der Waals surface area contributed by atoms with Crippen LogP contribution in [0, 0.1) is 0 Å². The molecule has 9 nitrogen and oxygen atoms in total. The maximum Gasteiger partial charge on any atom is 0.411 e. The van der Waals surface area contributed by atoms with Crippen molar-refractivity contribution >= 4 is 39.0 Å². The summed E-state index contributed by atoms with van der Waals surface area (Å²) in [5, 5.41) is 6.51. The van der Waals surface area contributed by atoms with Crippen molar-refractivity contribution in [1.82, 2.24) is 10.3 Å². The van der Waals surface area contributed by atoms with Gasteiger partial charge in [-0.05, 0) is 86.3 Å². The van der Waals surface area contributed by atoms with Crippen LogP contribution in [0.2, 0.25) is 0 Å². The fraction of sp³-hybridized carbons (Fsp3) is 0.593. The molecule has 38 heavy (non-hydrogen) atoms. The molecule has 3 rings (SSSR count). The Kier molecular flexibility index (Phi) is 9.46. The summed E-state index contributed by atoms with van der Waals surface area (Å²) >= 11 is 1.49. The van der Waals surface area contributed by atoms with Gasteiger partial charge in [-0.3, -0.25) is 5.32 Å². The van der Waals surface area contributed by atoms with E-state index in [0.717, 1.165) is 35.6 Å². The number of amides is 2. The first kappa shape index (κ1) is 29.9. The summed E-state index contributed by atoms with van der Waals surface area (Å²) in [4.78, 5) is 29.6. The number of carbonyl (C=O) groups excluding carboxylic acids is 2. The normalized spacial score (nSPS) is 18.3. The lowest BCUT2D eigenvalue weighted by molar-refractivity contribution is 0.109. The van der Waals surface area contributed by atoms with Gasteiger partial charge in [0.15, 0.2) is 9.84 Å². The quantitative estimate of drug-likeness (QED) is 0.393. The Labute approximate surface area is 229 Å². The van der Waals surface area contributed by atoms with Crippen LogP contribution in [0.3, 0.4) is 0 Å². The fourth-order valence-corrected chi connectivity index (χ4v) is 6.82. The van der Waals surface area contributed by atoms with Crippen LogP contribution in [-0.2, 0) is 19.3 Å². The maximum atomic E-state index is 13.6. The number of anilines is 1. The highest BCUT2D eigenvalue weighted by Gasteiger charge is 2.34. The summed E-state index contributed by atoms with van der Waals surface area (Å²) in [6, 6.07) is 4.94. The largest absolute Gasteiger partial charge is 0.447 e. The second kappa shape index (κ2) is 12.0. The topological polar surface area (TPSA) is 124 Å². The summed E-state index contributed by atoms with van der Waals surface area (Å²) in [6.07, 6.45) is 3.61. The summed E-state index contributed by atoms with van der Waals surface area (Å²) in [5.74, 6) is 0.238. The average Bonchev–Trinajstić information content (AvgIpc) is 3.27. The minimum atomic E-state index is -3.75. The molecule has 1 aliphatic carbocycles. The molecule has 0 atom stereocenters. The van der Waals surface area contributed by atoms with Gasteiger partial charge in [0.05, 0.1) is 31.7 Å². The number of alkyl carbamates (subject to hydrolysis) is 1. The average molecular weight is 566 g/mol. The zero-order valence-corrected chi connectivity index (χ0v) is 24.8. The maximum absolute atomic E-state index is 13.6. The molecule has 1 saturated carbocycles. The first-order valence-electron chi connectivity index (χ1n) is 13.0. The summed E-state index contributed by atoms with van der Waals surface area (Å²) in [7, 11) is -3.75. The number of benzene rings is 1. The Bertz CT molecular complexity index is 1240. The first-order chi connectivity index (χ1) is 17.7. The van der Waals surface area contributed by atoms with Gasteiger partial charge in [-0.15, -0.1) is 11.3 Å². The van der Waals surface area contributed by atoms with Crippen LogP contribution in [0.4, 0.5) is 15.3 Å². The van der Waals surface area contributed by atoms with Gasteiger partial charge in [-0.25, -0.2) is 23.0 Å². The molecule has 1 aromatic heterocycles. The summed E-state index contributed by atoms with van der Waals surface area (Å²) in [6.45, 7) is 12.1. The summed E-state index contributed by atoms with van der Waals surface area (Å²) < 4.78 is 36.4. The lowest BCUT2D eigenvalue weighted by atomic mass is 9.86. The van der Waals surface area contributed by atoms with Gasteiger partial charge in [0, 0.05) is 29.4 Å². The molecule has 1 heterocycles. The number of ether oxygens (including phenoxy) is 2. The standard InChI is InChI=1S/C27H39N3O6S2/c1-16(2)35-25(31)29-19-10-8-18(9-11-19)24-28-15-22(37-24)21-13-12-20(30-26(32)36-17(3)4)14-23(21)38(33,34)27(5,6)7/h12-19H,8-11H2,1-7H3,(H,29,31)(H,30,32). The molecule has 0 bridgehead atoms. The number of nitrogens with zero attached hydrogens (tertiary/aromatic N) is 1. The van der Waals surface area contributed by atoms with Gasteiger partial charge in [0.2, 0.25) is 0 Å². The smallest absolute Gasteiger partial charge is 0.411 e. The molecule has 0 aliphatic heterocycles. The van der Waals surface area contributed by atoms with Gasteiger partial charge >= 0.3 is 12.2 Å². The van der Waals surface area contributed by atoms with Gasteiger partial charge < -0.3 is 14.8 Å². The van der Waals surface area contributed by atoms with Crippen LogP contribution in [-0.4, -0.2) is 48.6 Å². The molecule has 0 unspecified atom stereocenters. The Balaban J connectivity index is 1.82. The molecular formula is C27H39N3O6S2. The monoisotopic (exact) mass is 565 g/mol. The molecule has 0 saturated heterocycles. The third-order valence-electron chi connectivity index (χ3n) is 6.20. The number of thiazole rings is 1. The predicted octanol–water partition coefficient (Wildman–Crippen LogP) is 6.50. The van der Waals surface area contributed by atoms with E-state index >= 15 is 0 Å². The van der Waals surface area contributed by atoms with Crippen molar-refractivity contribution in [2.45, 2.75) is 108 Å². The molecule has 0 spiro atoms.